The lowest BCUT2D eigenvalue weighted by atomic mass is 10.1. The van der Waals surface area contributed by atoms with Crippen LogP contribution in [0.2, 0.25) is 10.0 Å². The van der Waals surface area contributed by atoms with Crippen LogP contribution in [0.5, 0.6) is 11.5 Å². The Kier molecular flexibility index (Phi) is 7.33. The monoisotopic (exact) mass is 457 g/mol. The third kappa shape index (κ3) is 5.32. The topological polar surface area (TPSA) is 21.3 Å². The zero-order valence-electron chi connectivity index (χ0n) is 17.6. The summed E-state index contributed by atoms with van der Waals surface area (Å²) in [6.07, 6.45) is -1.92. The van der Waals surface area contributed by atoms with Crippen LogP contribution < -0.4 is 9.82 Å². The third-order valence-corrected chi connectivity index (χ3v) is 13.5. The predicted molar refractivity (Wildman–Crippen MR) is 128 cm³/mol. The average molecular weight is 458 g/mol. The molecule has 0 saturated heterocycles. The Bertz CT molecular complexity index is 852. The molecule has 2 rings (SSSR count). The van der Waals surface area contributed by atoms with Gasteiger partial charge in [0.1, 0.15) is 11.5 Å². The Morgan fingerprint density at radius 2 is 1.39 bits per heavy atom. The van der Waals surface area contributed by atoms with Crippen LogP contribution in [0.25, 0.3) is 0 Å². The Morgan fingerprint density at radius 1 is 0.893 bits per heavy atom. The summed E-state index contributed by atoms with van der Waals surface area (Å²) in [7, 11) is 0. The molecule has 154 valence electrons. The first-order chi connectivity index (χ1) is 12.7. The molecule has 1 atom stereocenters. The van der Waals surface area contributed by atoms with E-state index in [1.165, 1.54) is 0 Å². The molecule has 2 aromatic rings. The summed E-state index contributed by atoms with van der Waals surface area (Å²) in [4.78, 5) is 0. The quantitative estimate of drug-likeness (QED) is 0.455. The molecule has 0 aromatic heterocycles. The van der Waals surface area contributed by atoms with E-state index >= 15 is 0 Å². The average Bonchev–Trinajstić information content (AvgIpc) is 2.55. The Labute approximate surface area is 185 Å². The zero-order chi connectivity index (χ0) is 21.3. The molecule has 1 N–H and O–H groups in total. The van der Waals surface area contributed by atoms with E-state index in [4.69, 9.17) is 39.7 Å². The first kappa shape index (κ1) is 23.7. The van der Waals surface area contributed by atoms with Crippen molar-refractivity contribution >= 4 is 41.2 Å². The second-order valence-corrected chi connectivity index (χ2v) is 15.7. The predicted octanol–water partition coefficient (Wildman–Crippen LogP) is 8.43. The number of benzene rings is 2. The van der Waals surface area contributed by atoms with Crippen LogP contribution in [-0.4, -0.2) is 10.3 Å². The molecule has 0 bridgehead atoms. The first-order valence-electron chi connectivity index (χ1n) is 9.35. The molecule has 1 unspecified atom stereocenters. The third-order valence-electron chi connectivity index (χ3n) is 4.75. The maximum atomic E-state index is 6.61. The summed E-state index contributed by atoms with van der Waals surface area (Å²) < 4.78 is 5.88. The number of ether oxygens (including phenoxy) is 1. The maximum Gasteiger partial charge on any atom is 0.128 e. The van der Waals surface area contributed by atoms with Crippen LogP contribution in [0.4, 0.5) is 0 Å². The molecule has 28 heavy (non-hydrogen) atoms. The van der Waals surface area contributed by atoms with Gasteiger partial charge in [-0.3, -0.25) is 5.09 Å². The lowest BCUT2D eigenvalue weighted by Crippen LogP contribution is -2.37. The first-order valence-corrected chi connectivity index (χ1v) is 12.9. The largest absolute Gasteiger partial charge is 0.457 e. The lowest BCUT2D eigenvalue weighted by Gasteiger charge is -2.47. The molecule has 0 saturated carbocycles. The number of nitrogens with one attached hydrogen (secondary N) is 1. The summed E-state index contributed by atoms with van der Waals surface area (Å²) in [5.41, 5.74) is 1.02. The van der Waals surface area contributed by atoms with E-state index in [0.29, 0.717) is 15.8 Å². The zero-order valence-corrected chi connectivity index (χ0v) is 20.9. The van der Waals surface area contributed by atoms with E-state index in [1.54, 1.807) is 12.1 Å². The molecule has 0 fully saturated rings. The second kappa shape index (κ2) is 8.66. The minimum Gasteiger partial charge on any atom is -0.457 e. The molecular formula is C22H30Cl2NOPS. The van der Waals surface area contributed by atoms with E-state index in [0.717, 1.165) is 11.3 Å². The fourth-order valence-electron chi connectivity index (χ4n) is 3.30. The summed E-state index contributed by atoms with van der Waals surface area (Å²) >= 11 is 18.8. The minimum absolute atomic E-state index is 0.00104. The van der Waals surface area contributed by atoms with Gasteiger partial charge < -0.3 is 4.74 Å². The number of rotatable bonds is 5. The number of hydrogen-bond acceptors (Lipinski definition) is 2. The van der Waals surface area contributed by atoms with Gasteiger partial charge in [0.15, 0.2) is 0 Å². The highest BCUT2D eigenvalue weighted by molar-refractivity contribution is 8.15. The van der Waals surface area contributed by atoms with Crippen LogP contribution in [0.3, 0.4) is 0 Å². The van der Waals surface area contributed by atoms with Crippen molar-refractivity contribution < 1.29 is 4.74 Å². The molecule has 0 aliphatic heterocycles. The van der Waals surface area contributed by atoms with Crippen molar-refractivity contribution in [1.29, 1.82) is 0 Å². The Hall–Kier alpha value is -0.570. The van der Waals surface area contributed by atoms with Gasteiger partial charge in [-0.25, -0.2) is 0 Å². The normalized spacial score (nSPS) is 14.0. The van der Waals surface area contributed by atoms with Crippen molar-refractivity contribution in [3.8, 4) is 11.5 Å². The Balaban J connectivity index is 2.25. The van der Waals surface area contributed by atoms with E-state index in [2.05, 4.69) is 53.6 Å². The molecule has 0 aliphatic rings. The summed E-state index contributed by atoms with van der Waals surface area (Å²) in [6, 6.07) is 13.1. The standard InChI is InChI=1S/C22H30Cl2NOPS/c1-15(25-27(28,21(2,3)4)22(5,6)7)19-13-12-18(14-20(19)24)26-17-10-8-16(23)9-11-17/h8-15H,1-7H3,(H,25,28). The van der Waals surface area contributed by atoms with E-state index in [1.807, 2.05) is 30.3 Å². The van der Waals surface area contributed by atoms with Crippen molar-refractivity contribution in [3.63, 3.8) is 0 Å². The van der Waals surface area contributed by atoms with Gasteiger partial charge in [0.2, 0.25) is 0 Å². The van der Waals surface area contributed by atoms with E-state index in [9.17, 15) is 0 Å². The van der Waals surface area contributed by atoms with E-state index < -0.39 is 6.19 Å². The van der Waals surface area contributed by atoms with Gasteiger partial charge in [-0.05, 0) is 48.9 Å². The van der Waals surface area contributed by atoms with Crippen molar-refractivity contribution in [2.45, 2.75) is 64.8 Å². The van der Waals surface area contributed by atoms with Crippen LogP contribution in [0.1, 0.15) is 60.1 Å². The highest BCUT2D eigenvalue weighted by Gasteiger charge is 2.42. The molecule has 0 heterocycles. The van der Waals surface area contributed by atoms with Gasteiger partial charge in [0, 0.05) is 32.6 Å². The minimum atomic E-state index is -1.92. The molecule has 0 aliphatic carbocycles. The fourth-order valence-corrected chi connectivity index (χ4v) is 7.70. The SMILES string of the molecule is CC(NP(=S)(C(C)(C)C)C(C)(C)C)c1ccc(Oc2ccc(Cl)cc2)cc1Cl. The van der Waals surface area contributed by atoms with E-state index in [-0.39, 0.29) is 16.4 Å². The summed E-state index contributed by atoms with van der Waals surface area (Å²) in [5.74, 6) is 1.41. The lowest BCUT2D eigenvalue weighted by molar-refractivity contribution is 0.482. The number of hydrogen-bond donors (Lipinski definition) is 1. The van der Waals surface area contributed by atoms with Crippen molar-refractivity contribution in [2.24, 2.45) is 0 Å². The molecule has 0 radical (unpaired) electrons. The molecule has 2 nitrogen and oxygen atoms in total. The molecule has 6 heteroatoms. The van der Waals surface area contributed by atoms with Crippen LogP contribution in [0.15, 0.2) is 42.5 Å². The van der Waals surface area contributed by atoms with Gasteiger partial charge >= 0.3 is 0 Å². The van der Waals surface area contributed by atoms with Gasteiger partial charge in [-0.15, -0.1) is 0 Å². The van der Waals surface area contributed by atoms with Gasteiger partial charge in [-0.1, -0.05) is 82.6 Å². The summed E-state index contributed by atoms with van der Waals surface area (Å²) in [6.45, 7) is 15.5. The maximum absolute atomic E-state index is 6.61. The van der Waals surface area contributed by atoms with Crippen LogP contribution in [-0.2, 0) is 11.8 Å². The van der Waals surface area contributed by atoms with Gasteiger partial charge in [0.25, 0.3) is 0 Å². The van der Waals surface area contributed by atoms with Gasteiger partial charge in [0.05, 0.1) is 0 Å². The highest BCUT2D eigenvalue weighted by atomic mass is 35.5. The second-order valence-electron chi connectivity index (χ2n) is 9.04. The smallest absolute Gasteiger partial charge is 0.128 e. The van der Waals surface area contributed by atoms with Crippen molar-refractivity contribution in [2.75, 3.05) is 0 Å². The summed E-state index contributed by atoms with van der Waals surface area (Å²) in [5, 5.41) is 5.13. The highest BCUT2D eigenvalue weighted by Crippen LogP contribution is 2.65. The van der Waals surface area contributed by atoms with Gasteiger partial charge in [-0.2, -0.15) is 0 Å². The van der Waals surface area contributed by atoms with Crippen LogP contribution >= 0.6 is 29.4 Å². The van der Waals surface area contributed by atoms with Crippen LogP contribution in [0, 0.1) is 0 Å². The van der Waals surface area contributed by atoms with Crippen molar-refractivity contribution in [3.05, 3.63) is 58.1 Å². The fraction of sp³-hybridized carbons (Fsp3) is 0.455. The number of halogens is 2. The molecule has 2 aromatic carbocycles. The Morgan fingerprint density at radius 3 is 1.86 bits per heavy atom. The van der Waals surface area contributed by atoms with Crippen molar-refractivity contribution in [1.82, 2.24) is 5.09 Å². The molecule has 0 amide bonds. The molecule has 0 spiro atoms. The molecular weight excluding hydrogens is 428 g/mol.